The van der Waals surface area contributed by atoms with Crippen LogP contribution in [0.3, 0.4) is 0 Å². The second-order valence-electron chi connectivity index (χ2n) is 15.5. The molecule has 4 aromatic carbocycles. The van der Waals surface area contributed by atoms with Crippen LogP contribution in [0.15, 0.2) is 82.8 Å². The zero-order valence-corrected chi connectivity index (χ0v) is 34.6. The van der Waals surface area contributed by atoms with Gasteiger partial charge >= 0.3 is 6.18 Å². The molecule has 1 aliphatic carbocycles. The standard InChI is InChI=1S/C46H51F3N2O3S/c1-24(2)38-21-34(13-17-40(38)50-44-28(7)19-26(5)30(9)32(44)11)43(37-16-15-36(46(47,48)49)23-42(37)55(52,53)54)35-14-18-41(39(22-35)25(3)4)51-45-29(8)20-27(6)31(10)33(45)12/h13-25,50H,1-12H3,(H,52,53,54). The van der Waals surface area contributed by atoms with E-state index in [4.69, 9.17) is 0 Å². The summed E-state index contributed by atoms with van der Waals surface area (Å²) in [6, 6.07) is 12.4. The van der Waals surface area contributed by atoms with Crippen molar-refractivity contribution in [1.29, 1.82) is 0 Å². The van der Waals surface area contributed by atoms with Crippen LogP contribution < -0.4 is 10.3 Å². The lowest BCUT2D eigenvalue weighted by molar-refractivity contribution is -0.353. The van der Waals surface area contributed by atoms with Gasteiger partial charge in [0.15, 0.2) is 0 Å². The predicted octanol–water partition coefficient (Wildman–Crippen LogP) is 10.8. The van der Waals surface area contributed by atoms with Gasteiger partial charge in [-0.1, -0.05) is 45.9 Å². The minimum atomic E-state index is -5.36. The van der Waals surface area contributed by atoms with E-state index in [1.807, 2.05) is 64.1 Å². The molecular formula is C46H51F3N2O3S. The largest absolute Gasteiger partial charge is 0.744 e. The fraction of sp³-hybridized carbons (Fsp3) is 0.326. The van der Waals surface area contributed by atoms with Crippen LogP contribution in [0, 0.1) is 61.3 Å². The van der Waals surface area contributed by atoms with Crippen LogP contribution in [0.5, 0.6) is 0 Å². The average molecular weight is 769 g/mol. The molecule has 5 nitrogen and oxygen atoms in total. The lowest BCUT2D eigenvalue weighted by atomic mass is 9.84. The maximum Gasteiger partial charge on any atom is 0.416 e. The lowest BCUT2D eigenvalue weighted by Gasteiger charge is -2.24. The first kappa shape index (κ1) is 41.4. The number of benzene rings is 4. The number of hydrogen-bond acceptors (Lipinski definition) is 4. The molecule has 2 N–H and O–H groups in total. The summed E-state index contributed by atoms with van der Waals surface area (Å²) in [7, 11) is -5.36. The van der Waals surface area contributed by atoms with Gasteiger partial charge in [-0.2, -0.15) is 13.2 Å². The van der Waals surface area contributed by atoms with E-state index < -0.39 is 26.8 Å². The number of nitrogens with one attached hydrogen (secondary N) is 2. The van der Waals surface area contributed by atoms with Crippen molar-refractivity contribution in [3.8, 4) is 0 Å². The van der Waals surface area contributed by atoms with Gasteiger partial charge in [0, 0.05) is 39.7 Å². The predicted molar refractivity (Wildman–Crippen MR) is 218 cm³/mol. The fourth-order valence-electron chi connectivity index (χ4n) is 7.43. The molecule has 4 aromatic rings. The Labute approximate surface area is 324 Å². The molecule has 0 bridgehead atoms. The third-order valence-corrected chi connectivity index (χ3v) is 11.9. The number of alkyl halides is 3. The highest BCUT2D eigenvalue weighted by Crippen LogP contribution is 2.41. The molecule has 9 heteroatoms. The molecule has 0 saturated heterocycles. The highest BCUT2D eigenvalue weighted by atomic mass is 32.2. The summed E-state index contributed by atoms with van der Waals surface area (Å²) in [5.74, 6) is -0.0122. The molecule has 0 amide bonds. The Balaban J connectivity index is 1.82. The zero-order chi connectivity index (χ0) is 40.9. The molecular weight excluding hydrogens is 718 g/mol. The number of halogens is 3. The van der Waals surface area contributed by atoms with Gasteiger partial charge in [0.25, 0.3) is 0 Å². The van der Waals surface area contributed by atoms with E-state index in [2.05, 4.69) is 77.8 Å². The zero-order valence-electron chi connectivity index (χ0n) is 33.8. The van der Waals surface area contributed by atoms with E-state index in [1.165, 1.54) is 22.3 Å². The van der Waals surface area contributed by atoms with Gasteiger partial charge in [0.05, 0.1) is 10.5 Å². The van der Waals surface area contributed by atoms with E-state index in [1.54, 1.807) is 0 Å². The fourth-order valence-corrected chi connectivity index (χ4v) is 8.14. The third-order valence-electron chi connectivity index (χ3n) is 11.0. The van der Waals surface area contributed by atoms with Crippen molar-refractivity contribution in [3.63, 3.8) is 0 Å². The van der Waals surface area contributed by atoms with Gasteiger partial charge in [-0.05, 0) is 165 Å². The molecule has 0 spiro atoms. The average Bonchev–Trinajstić information content (AvgIpc) is 3.10. The van der Waals surface area contributed by atoms with Gasteiger partial charge < -0.3 is 9.87 Å². The van der Waals surface area contributed by atoms with Gasteiger partial charge in [-0.15, -0.1) is 0 Å². The molecule has 0 fully saturated rings. The SMILES string of the molecule is Cc1cc(C)c(Nc2ccc(C(=C3C=CC(=[NH+]c4c(C)cc(C)c(C)c4C)C(C(C)C)=C3)c3ccc(C(F)(F)F)cc3S(=O)(=O)[O-])cc2C(C)C)c(C)c1C. The maximum atomic E-state index is 14.0. The topological polar surface area (TPSA) is 83.2 Å². The smallest absolute Gasteiger partial charge is 0.416 e. The van der Waals surface area contributed by atoms with Crippen LogP contribution in [-0.2, 0) is 16.3 Å². The molecule has 0 saturated carbocycles. The summed E-state index contributed by atoms with van der Waals surface area (Å²) in [6.07, 6.45) is 0.829. The van der Waals surface area contributed by atoms with Crippen molar-refractivity contribution in [1.82, 2.24) is 0 Å². The summed E-state index contributed by atoms with van der Waals surface area (Å²) >= 11 is 0. The molecule has 290 valence electrons. The molecule has 0 aliphatic heterocycles. The van der Waals surface area contributed by atoms with Crippen LogP contribution in [-0.4, -0.2) is 18.7 Å². The van der Waals surface area contributed by atoms with Crippen molar-refractivity contribution in [3.05, 3.63) is 145 Å². The number of allylic oxidation sites excluding steroid dienone is 5. The van der Waals surface area contributed by atoms with E-state index in [0.717, 1.165) is 68.3 Å². The Morgan fingerprint density at radius 3 is 1.93 bits per heavy atom. The Kier molecular flexibility index (Phi) is 11.6. The highest BCUT2D eigenvalue weighted by Gasteiger charge is 2.33. The quantitative estimate of drug-likeness (QED) is 0.175. The van der Waals surface area contributed by atoms with E-state index in [9.17, 15) is 26.1 Å². The first-order valence-electron chi connectivity index (χ1n) is 18.5. The Morgan fingerprint density at radius 1 is 0.727 bits per heavy atom. The number of aryl methyl sites for hydroxylation is 4. The molecule has 5 rings (SSSR count). The third kappa shape index (κ3) is 8.43. The summed E-state index contributed by atoms with van der Waals surface area (Å²) in [5.41, 5.74) is 14.8. The second-order valence-corrected chi connectivity index (χ2v) is 16.8. The van der Waals surface area contributed by atoms with Crippen LogP contribution >= 0.6 is 0 Å². The van der Waals surface area contributed by atoms with Gasteiger partial charge in [0.2, 0.25) is 11.4 Å². The van der Waals surface area contributed by atoms with Gasteiger partial charge in [0.1, 0.15) is 10.1 Å². The number of anilines is 2. The van der Waals surface area contributed by atoms with Gasteiger partial charge in [-0.25, -0.2) is 13.4 Å². The van der Waals surface area contributed by atoms with E-state index in [0.29, 0.717) is 22.8 Å². The van der Waals surface area contributed by atoms with E-state index in [-0.39, 0.29) is 17.4 Å². The van der Waals surface area contributed by atoms with E-state index >= 15 is 0 Å². The maximum absolute atomic E-state index is 14.0. The van der Waals surface area contributed by atoms with Gasteiger partial charge in [-0.3, -0.25) is 0 Å². The Hall–Kier alpha value is -4.73. The Morgan fingerprint density at radius 2 is 1.35 bits per heavy atom. The minimum absolute atomic E-state index is 0.00609. The molecule has 0 atom stereocenters. The molecule has 0 radical (unpaired) electrons. The van der Waals surface area contributed by atoms with Crippen LogP contribution in [0.2, 0.25) is 0 Å². The summed E-state index contributed by atoms with van der Waals surface area (Å²) in [6.45, 7) is 24.8. The summed E-state index contributed by atoms with van der Waals surface area (Å²) in [4.78, 5) is 2.72. The van der Waals surface area contributed by atoms with Crippen LogP contribution in [0.1, 0.15) is 100 Å². The number of rotatable bonds is 8. The number of hydrogen-bond donors (Lipinski definition) is 2. The molecule has 1 aliphatic rings. The van der Waals surface area contributed by atoms with Crippen molar-refractivity contribution in [2.75, 3.05) is 5.32 Å². The molecule has 0 unspecified atom stereocenters. The summed E-state index contributed by atoms with van der Waals surface area (Å²) < 4.78 is 80.4. The van der Waals surface area contributed by atoms with Crippen molar-refractivity contribution >= 4 is 38.5 Å². The minimum Gasteiger partial charge on any atom is -0.744 e. The van der Waals surface area contributed by atoms with Crippen LogP contribution in [0.25, 0.3) is 5.57 Å². The molecule has 55 heavy (non-hydrogen) atoms. The van der Waals surface area contributed by atoms with Crippen molar-refractivity contribution in [2.24, 2.45) is 5.92 Å². The van der Waals surface area contributed by atoms with Crippen molar-refractivity contribution in [2.45, 2.75) is 100 Å². The first-order valence-corrected chi connectivity index (χ1v) is 19.9. The molecule has 0 heterocycles. The Bertz CT molecular complexity index is 2450. The lowest BCUT2D eigenvalue weighted by Crippen LogP contribution is -2.67. The monoisotopic (exact) mass is 768 g/mol. The normalized spacial score (nSPS) is 15.3. The molecule has 0 aromatic heterocycles. The van der Waals surface area contributed by atoms with Crippen molar-refractivity contribution < 1.29 is 31.1 Å². The first-order chi connectivity index (χ1) is 25.5. The van der Waals surface area contributed by atoms with Crippen LogP contribution in [0.4, 0.5) is 30.2 Å². The second kappa shape index (κ2) is 15.4. The summed E-state index contributed by atoms with van der Waals surface area (Å²) in [5, 5.41) is 3.65. The highest BCUT2D eigenvalue weighted by molar-refractivity contribution is 7.85.